The number of nitrogens with one attached hydrogen (secondary N) is 1. The number of hydrogen-bond acceptors (Lipinski definition) is 5. The third kappa shape index (κ3) is 4.95. The number of ether oxygens (including phenoxy) is 1. The number of rotatable bonds is 3. The van der Waals surface area contributed by atoms with Gasteiger partial charge in [-0.05, 0) is 52.0 Å². The molecule has 2 aromatic carbocycles. The Morgan fingerprint density at radius 1 is 1.25 bits per heavy atom. The molecule has 32 heavy (non-hydrogen) atoms. The first-order valence-corrected chi connectivity index (χ1v) is 10.0. The number of amides is 1. The minimum atomic E-state index is -0.709. The second-order valence-corrected chi connectivity index (χ2v) is 8.09. The SMILES string of the molecule is C[C@H](NC(=O)OC(C)(C)C)c1nc2ccc(F)c(C#CCO)c2c(=O)n1-c1ccccc1. The van der Waals surface area contributed by atoms with Gasteiger partial charge < -0.3 is 15.2 Å². The number of nitrogens with zero attached hydrogens (tertiary/aromatic N) is 2. The fraction of sp³-hybridized carbons (Fsp3) is 0.292. The number of aliphatic hydroxyl groups is 1. The third-order valence-corrected chi connectivity index (χ3v) is 4.44. The number of aliphatic hydroxyl groups excluding tert-OH is 1. The second kappa shape index (κ2) is 9.20. The van der Waals surface area contributed by atoms with Gasteiger partial charge in [0.2, 0.25) is 0 Å². The van der Waals surface area contributed by atoms with Gasteiger partial charge in [-0.1, -0.05) is 30.0 Å². The molecule has 0 spiro atoms. The van der Waals surface area contributed by atoms with Crippen LogP contribution in [0.3, 0.4) is 0 Å². The van der Waals surface area contributed by atoms with Crippen molar-refractivity contribution >= 4 is 17.0 Å². The van der Waals surface area contributed by atoms with E-state index >= 15 is 0 Å². The van der Waals surface area contributed by atoms with E-state index in [0.29, 0.717) is 5.69 Å². The Morgan fingerprint density at radius 3 is 2.56 bits per heavy atom. The number of carbonyl (C=O) groups excluding carboxylic acids is 1. The minimum Gasteiger partial charge on any atom is -0.444 e. The number of benzene rings is 2. The van der Waals surface area contributed by atoms with E-state index in [2.05, 4.69) is 22.1 Å². The molecule has 0 aliphatic carbocycles. The highest BCUT2D eigenvalue weighted by Gasteiger charge is 2.24. The number of halogens is 1. The zero-order valence-corrected chi connectivity index (χ0v) is 18.3. The van der Waals surface area contributed by atoms with Gasteiger partial charge in [-0.3, -0.25) is 9.36 Å². The van der Waals surface area contributed by atoms with Gasteiger partial charge in [0.15, 0.2) is 0 Å². The van der Waals surface area contributed by atoms with Crippen LogP contribution in [-0.2, 0) is 4.74 Å². The van der Waals surface area contributed by atoms with Gasteiger partial charge in [0, 0.05) is 0 Å². The standard InChI is InChI=1S/C24H24FN3O4/c1-15(26-23(31)32-24(2,3)4)21-27-19-13-12-18(25)17(11-8-14-29)20(19)22(30)28(21)16-9-6-5-7-10-16/h5-7,9-10,12-13,15,29H,14H2,1-4H3,(H,26,31)/t15-/m0/s1. The van der Waals surface area contributed by atoms with Crippen LogP contribution in [0.25, 0.3) is 16.6 Å². The Balaban J connectivity index is 2.25. The summed E-state index contributed by atoms with van der Waals surface area (Å²) in [6.07, 6.45) is -0.660. The molecule has 1 aromatic heterocycles. The molecule has 166 valence electrons. The number of alkyl carbamates (subject to hydrolysis) is 1. The van der Waals surface area contributed by atoms with Gasteiger partial charge in [-0.2, -0.15) is 0 Å². The summed E-state index contributed by atoms with van der Waals surface area (Å²) in [6.45, 7) is 6.43. The van der Waals surface area contributed by atoms with Crippen molar-refractivity contribution in [2.24, 2.45) is 0 Å². The number of hydrogen-bond donors (Lipinski definition) is 2. The van der Waals surface area contributed by atoms with E-state index in [9.17, 15) is 14.0 Å². The first-order valence-electron chi connectivity index (χ1n) is 10.0. The Bertz CT molecular complexity index is 1270. The maximum absolute atomic E-state index is 14.5. The molecular weight excluding hydrogens is 413 g/mol. The Hall–Kier alpha value is -3.70. The van der Waals surface area contributed by atoms with Gasteiger partial charge in [-0.25, -0.2) is 14.2 Å². The van der Waals surface area contributed by atoms with E-state index in [1.807, 2.05) is 0 Å². The van der Waals surface area contributed by atoms with E-state index < -0.39 is 35.7 Å². The lowest BCUT2D eigenvalue weighted by atomic mass is 10.1. The van der Waals surface area contributed by atoms with Crippen LogP contribution >= 0.6 is 0 Å². The first kappa shape index (κ1) is 23.0. The van der Waals surface area contributed by atoms with Crippen LogP contribution in [0.2, 0.25) is 0 Å². The molecule has 0 aliphatic rings. The maximum Gasteiger partial charge on any atom is 0.408 e. The Morgan fingerprint density at radius 2 is 1.94 bits per heavy atom. The topological polar surface area (TPSA) is 93.5 Å². The molecule has 1 heterocycles. The molecule has 0 aliphatic heterocycles. The number of aromatic nitrogens is 2. The Kier molecular flexibility index (Phi) is 6.61. The largest absolute Gasteiger partial charge is 0.444 e. The highest BCUT2D eigenvalue weighted by atomic mass is 19.1. The molecule has 8 heteroatoms. The molecule has 3 rings (SSSR count). The molecule has 1 amide bonds. The molecule has 1 atom stereocenters. The minimum absolute atomic E-state index is 0.0111. The molecule has 0 fully saturated rings. The van der Waals surface area contributed by atoms with Gasteiger partial charge in [0.1, 0.15) is 23.8 Å². The monoisotopic (exact) mass is 437 g/mol. The van der Waals surface area contributed by atoms with E-state index in [1.54, 1.807) is 58.0 Å². The van der Waals surface area contributed by atoms with Crippen molar-refractivity contribution in [1.82, 2.24) is 14.9 Å². The average Bonchev–Trinajstić information content (AvgIpc) is 2.72. The quantitative estimate of drug-likeness (QED) is 0.612. The molecule has 0 unspecified atom stereocenters. The lowest BCUT2D eigenvalue weighted by Crippen LogP contribution is -2.37. The van der Waals surface area contributed by atoms with Gasteiger partial charge in [0.05, 0.1) is 28.2 Å². The molecular formula is C24H24FN3O4. The predicted octanol–water partition coefficient (Wildman–Crippen LogP) is 3.45. The van der Waals surface area contributed by atoms with Gasteiger partial charge >= 0.3 is 6.09 Å². The molecule has 0 radical (unpaired) electrons. The summed E-state index contributed by atoms with van der Waals surface area (Å²) in [6, 6.07) is 10.5. The zero-order valence-electron chi connectivity index (χ0n) is 18.3. The molecule has 0 saturated heterocycles. The van der Waals surface area contributed by atoms with Crippen molar-refractivity contribution in [3.8, 4) is 17.5 Å². The van der Waals surface area contributed by atoms with Crippen LogP contribution in [0, 0.1) is 17.7 Å². The van der Waals surface area contributed by atoms with Crippen molar-refractivity contribution < 1.29 is 19.0 Å². The van der Waals surface area contributed by atoms with Gasteiger partial charge in [0.25, 0.3) is 5.56 Å². The lowest BCUT2D eigenvalue weighted by molar-refractivity contribution is 0.0505. The fourth-order valence-electron chi connectivity index (χ4n) is 3.18. The van der Waals surface area contributed by atoms with E-state index in [-0.39, 0.29) is 22.3 Å². The van der Waals surface area contributed by atoms with Crippen molar-refractivity contribution in [3.63, 3.8) is 0 Å². The van der Waals surface area contributed by atoms with Crippen molar-refractivity contribution in [2.45, 2.75) is 39.3 Å². The van der Waals surface area contributed by atoms with Crippen molar-refractivity contribution in [2.75, 3.05) is 6.61 Å². The summed E-state index contributed by atoms with van der Waals surface area (Å²) in [5.74, 6) is 4.45. The average molecular weight is 437 g/mol. The maximum atomic E-state index is 14.5. The predicted molar refractivity (Wildman–Crippen MR) is 119 cm³/mol. The molecule has 0 saturated carbocycles. The number of carbonyl (C=O) groups is 1. The van der Waals surface area contributed by atoms with E-state index in [4.69, 9.17) is 9.84 Å². The summed E-state index contributed by atoms with van der Waals surface area (Å²) >= 11 is 0. The van der Waals surface area contributed by atoms with E-state index in [0.717, 1.165) is 0 Å². The van der Waals surface area contributed by atoms with Gasteiger partial charge in [-0.15, -0.1) is 0 Å². The zero-order chi connectivity index (χ0) is 23.5. The highest BCUT2D eigenvalue weighted by molar-refractivity contribution is 5.85. The molecule has 2 N–H and O–H groups in total. The van der Waals surface area contributed by atoms with E-state index in [1.165, 1.54) is 16.7 Å². The summed E-state index contributed by atoms with van der Waals surface area (Å²) in [4.78, 5) is 30.5. The Labute approximate surface area is 184 Å². The number of fused-ring (bicyclic) bond motifs is 1. The molecule has 3 aromatic rings. The van der Waals surface area contributed by atoms with Crippen LogP contribution in [0.5, 0.6) is 0 Å². The van der Waals surface area contributed by atoms with Crippen LogP contribution in [0.1, 0.15) is 45.1 Å². The number of para-hydroxylation sites is 1. The van der Waals surface area contributed by atoms with Crippen molar-refractivity contribution in [1.29, 1.82) is 0 Å². The lowest BCUT2D eigenvalue weighted by Gasteiger charge is -2.23. The van der Waals surface area contributed by atoms with Crippen LogP contribution < -0.4 is 10.9 Å². The molecule has 7 nitrogen and oxygen atoms in total. The summed E-state index contributed by atoms with van der Waals surface area (Å²) in [5.41, 5.74) is -0.671. The first-order chi connectivity index (χ1) is 15.1. The third-order valence-electron chi connectivity index (χ3n) is 4.44. The molecule has 0 bridgehead atoms. The second-order valence-electron chi connectivity index (χ2n) is 8.09. The fourth-order valence-corrected chi connectivity index (χ4v) is 3.18. The summed E-state index contributed by atoms with van der Waals surface area (Å²) in [5, 5.41) is 11.7. The van der Waals surface area contributed by atoms with Crippen LogP contribution in [0.15, 0.2) is 47.3 Å². The normalized spacial score (nSPS) is 12.1. The summed E-state index contributed by atoms with van der Waals surface area (Å²) < 4.78 is 21.1. The summed E-state index contributed by atoms with van der Waals surface area (Å²) in [7, 11) is 0. The smallest absolute Gasteiger partial charge is 0.408 e. The van der Waals surface area contributed by atoms with Crippen LogP contribution in [0.4, 0.5) is 9.18 Å². The highest BCUT2D eigenvalue weighted by Crippen LogP contribution is 2.22. The van der Waals surface area contributed by atoms with Crippen molar-refractivity contribution in [3.05, 3.63) is 70.0 Å². The van der Waals surface area contributed by atoms with Crippen LogP contribution in [-0.4, -0.2) is 33.0 Å².